The molecule has 1 atom stereocenters. The lowest BCUT2D eigenvalue weighted by molar-refractivity contribution is -0.129. The van der Waals surface area contributed by atoms with Crippen molar-refractivity contribution in [3.05, 3.63) is 83.9 Å². The van der Waals surface area contributed by atoms with Crippen molar-refractivity contribution in [1.82, 2.24) is 5.43 Å². The molecule has 0 aromatic heterocycles. The molecule has 0 bridgehead atoms. The summed E-state index contributed by atoms with van der Waals surface area (Å²) in [5.41, 5.74) is 3.76. The summed E-state index contributed by atoms with van der Waals surface area (Å²) in [5, 5.41) is 16.1. The van der Waals surface area contributed by atoms with Crippen LogP contribution in [-0.4, -0.2) is 17.2 Å². The van der Waals surface area contributed by atoms with Gasteiger partial charge in [-0.1, -0.05) is 66.7 Å². The highest BCUT2D eigenvalue weighted by molar-refractivity contribution is 5.91. The highest BCUT2D eigenvalue weighted by Gasteiger charge is 2.15. The van der Waals surface area contributed by atoms with Gasteiger partial charge in [0.2, 0.25) is 0 Å². The van der Waals surface area contributed by atoms with Gasteiger partial charge in [-0.15, -0.1) is 0 Å². The van der Waals surface area contributed by atoms with Gasteiger partial charge >= 0.3 is 0 Å². The van der Waals surface area contributed by atoms with Crippen LogP contribution < -0.4 is 5.43 Å². The van der Waals surface area contributed by atoms with Crippen molar-refractivity contribution in [2.24, 2.45) is 5.10 Å². The zero-order valence-electron chi connectivity index (χ0n) is 12.4. The molecule has 0 spiro atoms. The van der Waals surface area contributed by atoms with Crippen LogP contribution in [0.5, 0.6) is 0 Å². The number of amides is 1. The van der Waals surface area contributed by atoms with E-state index in [1.54, 1.807) is 30.5 Å². The van der Waals surface area contributed by atoms with Crippen molar-refractivity contribution >= 4 is 22.9 Å². The lowest BCUT2D eigenvalue weighted by Gasteiger charge is -2.08. The van der Waals surface area contributed by atoms with E-state index in [0.29, 0.717) is 5.56 Å². The monoisotopic (exact) mass is 304 g/mol. The van der Waals surface area contributed by atoms with Crippen molar-refractivity contribution < 1.29 is 9.90 Å². The average Bonchev–Trinajstić information content (AvgIpc) is 2.61. The first-order chi connectivity index (χ1) is 11.2. The summed E-state index contributed by atoms with van der Waals surface area (Å²) in [7, 11) is 0. The van der Waals surface area contributed by atoms with Gasteiger partial charge in [0.05, 0.1) is 6.21 Å². The summed E-state index contributed by atoms with van der Waals surface area (Å²) in [4.78, 5) is 11.9. The molecule has 114 valence electrons. The number of nitrogens with one attached hydrogen (secondary N) is 1. The Kier molecular flexibility index (Phi) is 4.45. The van der Waals surface area contributed by atoms with Crippen LogP contribution in [0.1, 0.15) is 17.2 Å². The topological polar surface area (TPSA) is 61.7 Å². The molecule has 1 unspecified atom stereocenters. The van der Waals surface area contributed by atoms with Crippen LogP contribution in [0.4, 0.5) is 0 Å². The van der Waals surface area contributed by atoms with Crippen molar-refractivity contribution in [2.75, 3.05) is 0 Å². The minimum atomic E-state index is -1.23. The molecule has 3 aromatic carbocycles. The Hall–Kier alpha value is -2.98. The first-order valence-electron chi connectivity index (χ1n) is 7.29. The zero-order chi connectivity index (χ0) is 16.1. The Morgan fingerprint density at radius 1 is 0.957 bits per heavy atom. The number of hydrogen-bond donors (Lipinski definition) is 2. The fourth-order valence-corrected chi connectivity index (χ4v) is 2.31. The normalized spacial score (nSPS) is 12.4. The molecule has 3 aromatic rings. The summed E-state index contributed by atoms with van der Waals surface area (Å²) in [6.45, 7) is 0. The van der Waals surface area contributed by atoms with E-state index < -0.39 is 12.0 Å². The summed E-state index contributed by atoms with van der Waals surface area (Å²) in [5.74, 6) is -0.562. The van der Waals surface area contributed by atoms with E-state index in [1.807, 2.05) is 48.5 Å². The minimum absolute atomic E-state index is 0.533. The van der Waals surface area contributed by atoms with E-state index in [9.17, 15) is 9.90 Å². The minimum Gasteiger partial charge on any atom is -0.378 e. The molecule has 4 heteroatoms. The molecular weight excluding hydrogens is 288 g/mol. The molecule has 0 saturated heterocycles. The van der Waals surface area contributed by atoms with E-state index in [1.165, 1.54) is 0 Å². The lowest BCUT2D eigenvalue weighted by atomic mass is 10.1. The standard InChI is InChI=1S/C19H16N2O2/c22-18(16-7-2-1-3-8-16)19(23)21-20-13-14-10-11-15-6-4-5-9-17(15)12-14/h1-13,18,22H,(H,21,23)/b20-13+. The van der Waals surface area contributed by atoms with Gasteiger partial charge in [0.15, 0.2) is 6.10 Å². The van der Waals surface area contributed by atoms with E-state index in [4.69, 9.17) is 0 Å². The predicted molar refractivity (Wildman–Crippen MR) is 91.1 cm³/mol. The highest BCUT2D eigenvalue weighted by atomic mass is 16.3. The Bertz CT molecular complexity index is 844. The van der Waals surface area contributed by atoms with E-state index >= 15 is 0 Å². The number of aliphatic hydroxyl groups is 1. The third-order valence-electron chi connectivity index (χ3n) is 3.53. The van der Waals surface area contributed by atoms with E-state index in [-0.39, 0.29) is 0 Å². The second-order valence-electron chi connectivity index (χ2n) is 5.15. The summed E-state index contributed by atoms with van der Waals surface area (Å²) in [6.07, 6.45) is 0.326. The Morgan fingerprint density at radius 2 is 1.65 bits per heavy atom. The zero-order valence-corrected chi connectivity index (χ0v) is 12.4. The third kappa shape index (κ3) is 3.62. The lowest BCUT2D eigenvalue weighted by Crippen LogP contribution is -2.25. The number of aliphatic hydroxyl groups excluding tert-OH is 1. The van der Waals surface area contributed by atoms with Crippen LogP contribution in [0, 0.1) is 0 Å². The number of hydrogen-bond acceptors (Lipinski definition) is 3. The largest absolute Gasteiger partial charge is 0.378 e. The SMILES string of the molecule is O=C(N/N=C/c1ccc2ccccc2c1)C(O)c1ccccc1. The quantitative estimate of drug-likeness (QED) is 0.575. The van der Waals surface area contributed by atoms with Gasteiger partial charge in [-0.2, -0.15) is 5.10 Å². The Labute approximate surface area is 134 Å². The van der Waals surface area contributed by atoms with Gasteiger partial charge in [0.25, 0.3) is 5.91 Å². The van der Waals surface area contributed by atoms with Gasteiger partial charge in [-0.3, -0.25) is 4.79 Å². The molecule has 1 amide bonds. The Morgan fingerprint density at radius 3 is 2.43 bits per heavy atom. The first-order valence-corrected chi connectivity index (χ1v) is 7.29. The molecule has 0 saturated carbocycles. The predicted octanol–water partition coefficient (Wildman–Crippen LogP) is 3.02. The molecule has 23 heavy (non-hydrogen) atoms. The van der Waals surface area contributed by atoms with Crippen LogP contribution in [-0.2, 0) is 4.79 Å². The third-order valence-corrected chi connectivity index (χ3v) is 3.53. The second-order valence-corrected chi connectivity index (χ2v) is 5.15. The number of rotatable bonds is 4. The van der Waals surface area contributed by atoms with E-state index in [2.05, 4.69) is 10.5 Å². The maximum Gasteiger partial charge on any atom is 0.273 e. The second kappa shape index (κ2) is 6.85. The molecule has 0 heterocycles. The fraction of sp³-hybridized carbons (Fsp3) is 0.0526. The molecule has 0 aliphatic heterocycles. The van der Waals surface area contributed by atoms with Gasteiger partial charge in [-0.25, -0.2) is 5.43 Å². The number of benzene rings is 3. The number of carbonyl (C=O) groups excluding carboxylic acids is 1. The van der Waals surface area contributed by atoms with Gasteiger partial charge < -0.3 is 5.11 Å². The van der Waals surface area contributed by atoms with Gasteiger partial charge in [0.1, 0.15) is 0 Å². The molecular formula is C19H16N2O2. The van der Waals surface area contributed by atoms with Crippen molar-refractivity contribution in [3.8, 4) is 0 Å². The fourth-order valence-electron chi connectivity index (χ4n) is 2.31. The van der Waals surface area contributed by atoms with Crippen molar-refractivity contribution in [2.45, 2.75) is 6.10 Å². The highest BCUT2D eigenvalue weighted by Crippen LogP contribution is 2.14. The van der Waals surface area contributed by atoms with Crippen LogP contribution in [0.3, 0.4) is 0 Å². The first kappa shape index (κ1) is 14.9. The Balaban J connectivity index is 1.66. The summed E-state index contributed by atoms with van der Waals surface area (Å²) in [6, 6.07) is 22.7. The molecule has 0 fully saturated rings. The number of hydrazone groups is 1. The molecule has 0 radical (unpaired) electrons. The molecule has 0 aliphatic rings. The van der Waals surface area contributed by atoms with Crippen LogP contribution in [0.25, 0.3) is 10.8 Å². The molecule has 4 nitrogen and oxygen atoms in total. The average molecular weight is 304 g/mol. The van der Waals surface area contributed by atoms with Crippen molar-refractivity contribution in [1.29, 1.82) is 0 Å². The van der Waals surface area contributed by atoms with Crippen molar-refractivity contribution in [3.63, 3.8) is 0 Å². The maximum atomic E-state index is 11.9. The number of fused-ring (bicyclic) bond motifs is 1. The summed E-state index contributed by atoms with van der Waals surface area (Å²) < 4.78 is 0. The number of carbonyl (C=O) groups is 1. The smallest absolute Gasteiger partial charge is 0.273 e. The van der Waals surface area contributed by atoms with Gasteiger partial charge in [0, 0.05) is 0 Å². The number of nitrogens with zero attached hydrogens (tertiary/aromatic N) is 1. The molecule has 3 rings (SSSR count). The van der Waals surface area contributed by atoms with Crippen LogP contribution in [0.15, 0.2) is 77.9 Å². The van der Waals surface area contributed by atoms with Gasteiger partial charge in [-0.05, 0) is 28.0 Å². The van der Waals surface area contributed by atoms with E-state index in [0.717, 1.165) is 16.3 Å². The maximum absolute atomic E-state index is 11.9. The molecule has 2 N–H and O–H groups in total. The van der Waals surface area contributed by atoms with Crippen LogP contribution in [0.2, 0.25) is 0 Å². The van der Waals surface area contributed by atoms with Crippen LogP contribution >= 0.6 is 0 Å². The summed E-state index contributed by atoms with van der Waals surface area (Å²) >= 11 is 0. The molecule has 0 aliphatic carbocycles.